The second kappa shape index (κ2) is 3.38. The van der Waals surface area contributed by atoms with Crippen molar-refractivity contribution in [2.75, 3.05) is 0 Å². The minimum Gasteiger partial charge on any atom is -0.326 e. The van der Waals surface area contributed by atoms with Crippen LogP contribution in [0.4, 0.5) is 0 Å². The Morgan fingerprint density at radius 3 is 1.70 bits per heavy atom. The van der Waals surface area contributed by atoms with Gasteiger partial charge >= 0.3 is 0 Å². The van der Waals surface area contributed by atoms with E-state index in [0.717, 1.165) is 18.3 Å². The van der Waals surface area contributed by atoms with Gasteiger partial charge in [-0.25, -0.2) is 0 Å². The molecule has 0 spiro atoms. The average Bonchev–Trinajstić information content (AvgIpc) is 1.60. The van der Waals surface area contributed by atoms with Crippen molar-refractivity contribution in [2.45, 2.75) is 46.6 Å². The fourth-order valence-electron chi connectivity index (χ4n) is 1.07. The maximum Gasteiger partial charge on any atom is 0.00996 e. The molecule has 0 aliphatic heterocycles. The van der Waals surface area contributed by atoms with Gasteiger partial charge in [0.25, 0.3) is 0 Å². The topological polar surface area (TPSA) is 26.0 Å². The van der Waals surface area contributed by atoms with E-state index < -0.39 is 0 Å². The highest BCUT2D eigenvalue weighted by Crippen LogP contribution is 2.20. The quantitative estimate of drug-likeness (QED) is 0.645. The Morgan fingerprint density at radius 2 is 1.60 bits per heavy atom. The molecule has 0 saturated carbocycles. The number of rotatable bonds is 3. The molecule has 0 rings (SSSR count). The van der Waals surface area contributed by atoms with Crippen LogP contribution in [0.5, 0.6) is 0 Å². The van der Waals surface area contributed by atoms with Crippen molar-refractivity contribution >= 4 is 0 Å². The van der Waals surface area contributed by atoms with E-state index in [2.05, 4.69) is 34.6 Å². The van der Waals surface area contributed by atoms with Gasteiger partial charge in [-0.05, 0) is 32.1 Å². The maximum atomic E-state index is 5.87. The van der Waals surface area contributed by atoms with Crippen molar-refractivity contribution in [2.24, 2.45) is 17.6 Å². The Balaban J connectivity index is 3.68. The zero-order valence-corrected chi connectivity index (χ0v) is 7.94. The summed E-state index contributed by atoms with van der Waals surface area (Å²) in [7, 11) is 0. The molecule has 2 N–H and O–H groups in total. The largest absolute Gasteiger partial charge is 0.326 e. The minimum absolute atomic E-state index is 0.00366. The lowest BCUT2D eigenvalue weighted by molar-refractivity contribution is 0.311. The van der Waals surface area contributed by atoms with E-state index in [-0.39, 0.29) is 5.54 Å². The van der Waals surface area contributed by atoms with Crippen LogP contribution in [-0.2, 0) is 0 Å². The highest BCUT2D eigenvalue weighted by Gasteiger charge is 2.17. The predicted octanol–water partition coefficient (Wildman–Crippen LogP) is 2.41. The van der Waals surface area contributed by atoms with Gasteiger partial charge in [0, 0.05) is 5.54 Å². The van der Waals surface area contributed by atoms with Gasteiger partial charge in [-0.1, -0.05) is 20.8 Å². The van der Waals surface area contributed by atoms with Gasteiger partial charge in [-0.15, -0.1) is 0 Å². The normalized spacial score (nSPS) is 15.9. The molecule has 0 aromatic rings. The van der Waals surface area contributed by atoms with Crippen LogP contribution in [0.3, 0.4) is 0 Å². The SMILES string of the molecule is CC(C)C(C)CC(C)(C)N. The van der Waals surface area contributed by atoms with Crippen LogP contribution in [0.25, 0.3) is 0 Å². The molecule has 0 fully saturated rings. The maximum absolute atomic E-state index is 5.87. The van der Waals surface area contributed by atoms with Gasteiger partial charge in [0.05, 0.1) is 0 Å². The summed E-state index contributed by atoms with van der Waals surface area (Å²) in [4.78, 5) is 0. The summed E-state index contributed by atoms with van der Waals surface area (Å²) < 4.78 is 0. The van der Waals surface area contributed by atoms with Crippen molar-refractivity contribution in [3.63, 3.8) is 0 Å². The molecule has 10 heavy (non-hydrogen) atoms. The molecule has 0 aromatic heterocycles. The summed E-state index contributed by atoms with van der Waals surface area (Å²) in [5.41, 5.74) is 5.88. The Hall–Kier alpha value is -0.0400. The fraction of sp³-hybridized carbons (Fsp3) is 1.00. The van der Waals surface area contributed by atoms with Crippen LogP contribution in [-0.4, -0.2) is 5.54 Å². The third kappa shape index (κ3) is 4.80. The molecule has 1 unspecified atom stereocenters. The van der Waals surface area contributed by atoms with Crippen LogP contribution in [0.15, 0.2) is 0 Å². The van der Waals surface area contributed by atoms with E-state index in [9.17, 15) is 0 Å². The molecule has 0 aliphatic rings. The smallest absolute Gasteiger partial charge is 0.00996 e. The summed E-state index contributed by atoms with van der Waals surface area (Å²) in [5.74, 6) is 1.49. The van der Waals surface area contributed by atoms with Crippen LogP contribution in [0.2, 0.25) is 0 Å². The zero-order chi connectivity index (χ0) is 8.36. The first kappa shape index (κ1) is 9.96. The van der Waals surface area contributed by atoms with E-state index >= 15 is 0 Å². The molecule has 1 nitrogen and oxygen atoms in total. The predicted molar refractivity (Wildman–Crippen MR) is 46.9 cm³/mol. The van der Waals surface area contributed by atoms with Crippen LogP contribution in [0, 0.1) is 11.8 Å². The molecular formula is C9H21N. The number of nitrogens with two attached hydrogens (primary N) is 1. The molecule has 0 radical (unpaired) electrons. The highest BCUT2D eigenvalue weighted by molar-refractivity contribution is 4.75. The summed E-state index contributed by atoms with van der Waals surface area (Å²) in [5, 5.41) is 0. The van der Waals surface area contributed by atoms with E-state index in [1.54, 1.807) is 0 Å². The lowest BCUT2D eigenvalue weighted by Gasteiger charge is -2.25. The molecule has 1 heteroatoms. The van der Waals surface area contributed by atoms with Crippen molar-refractivity contribution in [3.05, 3.63) is 0 Å². The minimum atomic E-state index is 0.00366. The van der Waals surface area contributed by atoms with Crippen molar-refractivity contribution < 1.29 is 0 Å². The molecular weight excluding hydrogens is 122 g/mol. The third-order valence-corrected chi connectivity index (χ3v) is 1.99. The summed E-state index contributed by atoms with van der Waals surface area (Å²) in [6.07, 6.45) is 1.12. The van der Waals surface area contributed by atoms with Gasteiger partial charge in [-0.2, -0.15) is 0 Å². The molecule has 0 bridgehead atoms. The first-order chi connectivity index (χ1) is 4.33. The standard InChI is InChI=1S/C9H21N/c1-7(2)8(3)6-9(4,5)10/h7-8H,6,10H2,1-5H3. The highest BCUT2D eigenvalue weighted by atomic mass is 14.7. The Morgan fingerprint density at radius 1 is 1.20 bits per heavy atom. The van der Waals surface area contributed by atoms with E-state index in [1.807, 2.05) is 0 Å². The molecule has 0 aromatic carbocycles. The second-order valence-corrected chi connectivity index (χ2v) is 4.41. The van der Waals surface area contributed by atoms with Crippen LogP contribution >= 0.6 is 0 Å². The molecule has 0 aliphatic carbocycles. The molecule has 1 atom stereocenters. The monoisotopic (exact) mass is 143 g/mol. The van der Waals surface area contributed by atoms with Crippen molar-refractivity contribution in [3.8, 4) is 0 Å². The Kier molecular flexibility index (Phi) is 3.37. The molecule has 0 saturated heterocycles. The summed E-state index contributed by atoms with van der Waals surface area (Å²) in [6.45, 7) is 10.9. The van der Waals surface area contributed by atoms with Crippen molar-refractivity contribution in [1.82, 2.24) is 0 Å². The molecule has 0 heterocycles. The number of hydrogen-bond acceptors (Lipinski definition) is 1. The van der Waals surface area contributed by atoms with Crippen LogP contribution < -0.4 is 5.73 Å². The first-order valence-corrected chi connectivity index (χ1v) is 4.12. The average molecular weight is 143 g/mol. The van der Waals surface area contributed by atoms with Gasteiger partial charge in [0.1, 0.15) is 0 Å². The van der Waals surface area contributed by atoms with E-state index in [4.69, 9.17) is 5.73 Å². The molecule has 0 amide bonds. The Bertz CT molecular complexity index is 89.4. The van der Waals surface area contributed by atoms with Gasteiger partial charge in [-0.3, -0.25) is 0 Å². The second-order valence-electron chi connectivity index (χ2n) is 4.41. The zero-order valence-electron chi connectivity index (χ0n) is 7.94. The van der Waals surface area contributed by atoms with Gasteiger partial charge < -0.3 is 5.73 Å². The Labute approximate surface area is 65.0 Å². The lowest BCUT2D eigenvalue weighted by Crippen LogP contribution is -2.34. The van der Waals surface area contributed by atoms with E-state index in [1.165, 1.54) is 0 Å². The van der Waals surface area contributed by atoms with E-state index in [0.29, 0.717) is 0 Å². The van der Waals surface area contributed by atoms with Crippen molar-refractivity contribution in [1.29, 1.82) is 0 Å². The lowest BCUT2D eigenvalue weighted by atomic mass is 9.86. The van der Waals surface area contributed by atoms with Gasteiger partial charge in [0.2, 0.25) is 0 Å². The van der Waals surface area contributed by atoms with Crippen LogP contribution in [0.1, 0.15) is 41.0 Å². The summed E-state index contributed by atoms with van der Waals surface area (Å²) >= 11 is 0. The summed E-state index contributed by atoms with van der Waals surface area (Å²) in [6, 6.07) is 0. The third-order valence-electron chi connectivity index (χ3n) is 1.99. The molecule has 62 valence electrons. The fourth-order valence-corrected chi connectivity index (χ4v) is 1.07. The first-order valence-electron chi connectivity index (χ1n) is 4.12. The van der Waals surface area contributed by atoms with Gasteiger partial charge in [0.15, 0.2) is 0 Å². The number of hydrogen-bond donors (Lipinski definition) is 1.